The Bertz CT molecular complexity index is 417. The second-order valence-corrected chi connectivity index (χ2v) is 4.38. The minimum absolute atomic E-state index is 0.112. The van der Waals surface area contributed by atoms with Gasteiger partial charge in [0, 0.05) is 5.41 Å². The van der Waals surface area contributed by atoms with Gasteiger partial charge in [-0.2, -0.15) is 0 Å². The smallest absolute Gasteiger partial charge is 0.00790 e. The van der Waals surface area contributed by atoms with Crippen molar-refractivity contribution >= 4 is 6.08 Å². The highest BCUT2D eigenvalue weighted by Gasteiger charge is 2.19. The fourth-order valence-corrected chi connectivity index (χ4v) is 1.63. The van der Waals surface area contributed by atoms with Gasteiger partial charge in [0.2, 0.25) is 0 Å². The van der Waals surface area contributed by atoms with Crippen LogP contribution in [0.1, 0.15) is 19.4 Å². The molecule has 0 saturated heterocycles. The Morgan fingerprint density at radius 3 is 2.53 bits per heavy atom. The van der Waals surface area contributed by atoms with Crippen LogP contribution in [0.5, 0.6) is 0 Å². The van der Waals surface area contributed by atoms with E-state index in [9.17, 15) is 0 Å². The zero-order valence-electron chi connectivity index (χ0n) is 9.20. The molecule has 0 aliphatic heterocycles. The molecule has 0 saturated carbocycles. The minimum Gasteiger partial charge on any atom is -0.0739 e. The lowest BCUT2D eigenvalue weighted by Crippen LogP contribution is -2.11. The number of benzene rings is 1. The van der Waals surface area contributed by atoms with Crippen LogP contribution >= 0.6 is 0 Å². The van der Waals surface area contributed by atoms with Crippen molar-refractivity contribution < 1.29 is 0 Å². The van der Waals surface area contributed by atoms with E-state index in [0.717, 1.165) is 0 Å². The lowest BCUT2D eigenvalue weighted by molar-refractivity contribution is 0.594. The summed E-state index contributed by atoms with van der Waals surface area (Å²) < 4.78 is 0. The van der Waals surface area contributed by atoms with Crippen LogP contribution < -0.4 is 0 Å². The molecule has 1 aliphatic rings. The number of hydrogen-bond donors (Lipinski definition) is 0. The topological polar surface area (TPSA) is 0 Å². The SMILES string of the molecule is CC1(C)C=C[C]=CC1=Cc1ccccc1. The molecule has 0 heteroatoms. The molecule has 0 heterocycles. The molecule has 1 radical (unpaired) electrons. The maximum atomic E-state index is 3.14. The molecule has 15 heavy (non-hydrogen) atoms. The van der Waals surface area contributed by atoms with Gasteiger partial charge in [0.05, 0.1) is 0 Å². The van der Waals surface area contributed by atoms with Gasteiger partial charge in [0.25, 0.3) is 0 Å². The third-order valence-corrected chi connectivity index (χ3v) is 2.70. The molecule has 1 aromatic rings. The predicted molar refractivity (Wildman–Crippen MR) is 65.2 cm³/mol. The molecule has 0 fully saturated rings. The van der Waals surface area contributed by atoms with E-state index in [1.54, 1.807) is 0 Å². The Morgan fingerprint density at radius 1 is 1.13 bits per heavy atom. The van der Waals surface area contributed by atoms with Gasteiger partial charge in [-0.1, -0.05) is 68.5 Å². The molecular formula is C15H15. The first-order valence-electron chi connectivity index (χ1n) is 5.23. The zero-order valence-corrected chi connectivity index (χ0v) is 9.20. The van der Waals surface area contributed by atoms with E-state index in [4.69, 9.17) is 0 Å². The third-order valence-electron chi connectivity index (χ3n) is 2.70. The van der Waals surface area contributed by atoms with Crippen molar-refractivity contribution in [3.8, 4) is 0 Å². The largest absolute Gasteiger partial charge is 0.0739 e. The molecule has 0 bridgehead atoms. The molecule has 0 amide bonds. The summed E-state index contributed by atoms with van der Waals surface area (Å²) in [5.74, 6) is 0. The second-order valence-electron chi connectivity index (χ2n) is 4.38. The van der Waals surface area contributed by atoms with Crippen LogP contribution in [-0.4, -0.2) is 0 Å². The highest BCUT2D eigenvalue weighted by molar-refractivity contribution is 5.59. The summed E-state index contributed by atoms with van der Waals surface area (Å²) in [6, 6.07) is 10.4. The van der Waals surface area contributed by atoms with Crippen LogP contribution in [0.4, 0.5) is 0 Å². The van der Waals surface area contributed by atoms with Crippen LogP contribution in [0.15, 0.2) is 54.1 Å². The van der Waals surface area contributed by atoms with Gasteiger partial charge in [0.15, 0.2) is 0 Å². The Morgan fingerprint density at radius 2 is 1.87 bits per heavy atom. The lowest BCUT2D eigenvalue weighted by atomic mass is 9.80. The summed E-state index contributed by atoms with van der Waals surface area (Å²) in [7, 11) is 0. The van der Waals surface area contributed by atoms with Crippen molar-refractivity contribution in [3.05, 3.63) is 65.8 Å². The van der Waals surface area contributed by atoms with E-state index >= 15 is 0 Å². The first kappa shape index (κ1) is 9.97. The van der Waals surface area contributed by atoms with Crippen LogP contribution in [0.3, 0.4) is 0 Å². The third kappa shape index (κ3) is 2.27. The fraction of sp³-hybridized carbons (Fsp3) is 0.200. The standard InChI is InChI=1S/C15H15/c1-15(2)11-7-6-10-14(15)12-13-8-4-3-5-9-13/h3-5,7-12H,1-2H3. The summed E-state index contributed by atoms with van der Waals surface area (Å²) in [4.78, 5) is 0. The van der Waals surface area contributed by atoms with E-state index in [0.29, 0.717) is 0 Å². The lowest BCUT2D eigenvalue weighted by Gasteiger charge is -2.24. The summed E-state index contributed by atoms with van der Waals surface area (Å²) >= 11 is 0. The van der Waals surface area contributed by atoms with Gasteiger partial charge in [-0.05, 0) is 17.2 Å². The fourth-order valence-electron chi connectivity index (χ4n) is 1.63. The van der Waals surface area contributed by atoms with Gasteiger partial charge < -0.3 is 0 Å². The van der Waals surface area contributed by atoms with Gasteiger partial charge in [-0.3, -0.25) is 0 Å². The number of allylic oxidation sites excluding steroid dienone is 5. The molecule has 0 nitrogen and oxygen atoms in total. The highest BCUT2D eigenvalue weighted by atomic mass is 14.2. The van der Waals surface area contributed by atoms with Crippen molar-refractivity contribution in [2.24, 2.45) is 5.41 Å². The Labute approximate surface area is 91.6 Å². The molecule has 0 atom stereocenters. The first-order chi connectivity index (χ1) is 7.18. The maximum Gasteiger partial charge on any atom is 0.00790 e. The summed E-state index contributed by atoms with van der Waals surface area (Å²) in [6.07, 6.45) is 11.6. The van der Waals surface area contributed by atoms with Crippen LogP contribution in [0.2, 0.25) is 0 Å². The second kappa shape index (κ2) is 3.90. The molecule has 0 N–H and O–H groups in total. The highest BCUT2D eigenvalue weighted by Crippen LogP contribution is 2.32. The van der Waals surface area contributed by atoms with Crippen molar-refractivity contribution in [2.45, 2.75) is 13.8 Å². The van der Waals surface area contributed by atoms with Crippen LogP contribution in [-0.2, 0) is 0 Å². The predicted octanol–water partition coefficient (Wildman–Crippen LogP) is 4.03. The quantitative estimate of drug-likeness (QED) is 0.634. The van der Waals surface area contributed by atoms with Gasteiger partial charge in [-0.15, -0.1) is 0 Å². The van der Waals surface area contributed by atoms with E-state index < -0.39 is 0 Å². The van der Waals surface area contributed by atoms with E-state index in [2.05, 4.69) is 62.4 Å². The van der Waals surface area contributed by atoms with Crippen molar-refractivity contribution in [3.63, 3.8) is 0 Å². The number of hydrogen-bond acceptors (Lipinski definition) is 0. The molecule has 0 unspecified atom stereocenters. The molecule has 1 aromatic carbocycles. The molecule has 75 valence electrons. The molecular weight excluding hydrogens is 180 g/mol. The van der Waals surface area contributed by atoms with Crippen LogP contribution in [0.25, 0.3) is 6.08 Å². The Kier molecular flexibility index (Phi) is 2.59. The van der Waals surface area contributed by atoms with Crippen LogP contribution in [0, 0.1) is 11.5 Å². The van der Waals surface area contributed by atoms with E-state index in [1.165, 1.54) is 11.1 Å². The van der Waals surface area contributed by atoms with Crippen molar-refractivity contribution in [1.82, 2.24) is 0 Å². The number of rotatable bonds is 1. The van der Waals surface area contributed by atoms with Crippen molar-refractivity contribution in [2.75, 3.05) is 0 Å². The molecule has 0 spiro atoms. The van der Waals surface area contributed by atoms with Gasteiger partial charge in [-0.25, -0.2) is 0 Å². The molecule has 1 aliphatic carbocycles. The Hall–Kier alpha value is -1.56. The summed E-state index contributed by atoms with van der Waals surface area (Å²) in [5, 5.41) is 0. The molecule has 0 aromatic heterocycles. The maximum absolute atomic E-state index is 3.14. The average molecular weight is 195 g/mol. The molecule has 2 rings (SSSR count). The van der Waals surface area contributed by atoms with Gasteiger partial charge >= 0.3 is 0 Å². The van der Waals surface area contributed by atoms with Gasteiger partial charge in [0.1, 0.15) is 0 Å². The normalized spacial score (nSPS) is 20.8. The summed E-state index contributed by atoms with van der Waals surface area (Å²) in [5.41, 5.74) is 2.66. The zero-order chi connectivity index (χ0) is 10.7. The minimum atomic E-state index is 0.112. The van der Waals surface area contributed by atoms with E-state index in [-0.39, 0.29) is 5.41 Å². The Balaban J connectivity index is 2.35. The average Bonchev–Trinajstić information content (AvgIpc) is 2.23. The first-order valence-corrected chi connectivity index (χ1v) is 5.23. The van der Waals surface area contributed by atoms with Crippen molar-refractivity contribution in [1.29, 1.82) is 0 Å². The van der Waals surface area contributed by atoms with E-state index in [1.807, 2.05) is 12.1 Å². The summed E-state index contributed by atoms with van der Waals surface area (Å²) in [6.45, 7) is 4.44. The monoisotopic (exact) mass is 195 g/mol.